The number of anilines is 1. The van der Waals surface area contributed by atoms with Gasteiger partial charge >= 0.3 is 5.97 Å². The molecule has 94 valence electrons. The number of methoxy groups -OCH3 is 1. The van der Waals surface area contributed by atoms with Crippen molar-refractivity contribution in [1.82, 2.24) is 0 Å². The van der Waals surface area contributed by atoms with Gasteiger partial charge in [0, 0.05) is 6.04 Å². The van der Waals surface area contributed by atoms with Crippen molar-refractivity contribution in [3.05, 3.63) is 29.3 Å². The number of hydrogen-bond donors (Lipinski definition) is 0. The number of para-hydroxylation sites is 1. The summed E-state index contributed by atoms with van der Waals surface area (Å²) in [6.07, 6.45) is 1.08. The number of ether oxygens (including phenoxy) is 1. The van der Waals surface area contributed by atoms with E-state index in [0.29, 0.717) is 12.8 Å². The Bertz CT molecular complexity index is 538. The maximum Gasteiger partial charge on any atom is 0.313 e. The molecule has 0 fully saturated rings. The summed E-state index contributed by atoms with van der Waals surface area (Å²) < 4.78 is 4.87. The summed E-state index contributed by atoms with van der Waals surface area (Å²) in [5, 5.41) is 0. The second kappa shape index (κ2) is 3.83. The summed E-state index contributed by atoms with van der Waals surface area (Å²) in [4.78, 5) is 25.7. The maximum atomic E-state index is 12.0. The van der Waals surface area contributed by atoms with Crippen molar-refractivity contribution in [3.8, 4) is 0 Å². The molecule has 1 aromatic carbocycles. The van der Waals surface area contributed by atoms with Gasteiger partial charge in [0.15, 0.2) is 0 Å². The Hall–Kier alpha value is -1.84. The number of hydrogen-bond acceptors (Lipinski definition) is 3. The Balaban J connectivity index is 2.16. The fraction of sp³-hybridized carbons (Fsp3) is 0.429. The summed E-state index contributed by atoms with van der Waals surface area (Å²) in [5.41, 5.74) is 2.90. The van der Waals surface area contributed by atoms with E-state index in [4.69, 9.17) is 4.74 Å². The lowest BCUT2D eigenvalue weighted by atomic mass is 9.86. The average Bonchev–Trinajstić information content (AvgIpc) is 2.71. The van der Waals surface area contributed by atoms with E-state index in [-0.39, 0.29) is 23.8 Å². The summed E-state index contributed by atoms with van der Waals surface area (Å²) in [6.45, 7) is 1.98. The first-order valence-corrected chi connectivity index (χ1v) is 6.15. The number of nitrogens with zero attached hydrogens (tertiary/aromatic N) is 1. The van der Waals surface area contributed by atoms with Crippen molar-refractivity contribution in [1.29, 1.82) is 0 Å². The lowest BCUT2D eigenvalue weighted by Crippen LogP contribution is -2.41. The molecule has 0 saturated carbocycles. The number of esters is 1. The maximum absolute atomic E-state index is 12.0. The largest absolute Gasteiger partial charge is 0.469 e. The molecule has 0 saturated heterocycles. The van der Waals surface area contributed by atoms with Gasteiger partial charge in [-0.3, -0.25) is 9.59 Å². The Morgan fingerprint density at radius 1 is 1.44 bits per heavy atom. The van der Waals surface area contributed by atoms with Crippen LogP contribution in [0, 0.1) is 0 Å². The number of amides is 1. The van der Waals surface area contributed by atoms with Gasteiger partial charge in [0.1, 0.15) is 0 Å². The minimum absolute atomic E-state index is 0.0535. The van der Waals surface area contributed by atoms with Crippen LogP contribution in [0.2, 0.25) is 0 Å². The van der Waals surface area contributed by atoms with Gasteiger partial charge < -0.3 is 9.64 Å². The standard InChI is InChI=1S/C14H15NO3/c1-8-6-11(14(17)18-2)10-5-3-4-9-7-12(16)15(8)13(9)10/h3-5,8,11H,6-7H2,1-2H3/t8-,11+/m1/s1. The highest BCUT2D eigenvalue weighted by atomic mass is 16.5. The zero-order valence-electron chi connectivity index (χ0n) is 10.5. The predicted molar refractivity (Wildman–Crippen MR) is 66.5 cm³/mol. The molecule has 3 rings (SSSR count). The van der Waals surface area contributed by atoms with Crippen LogP contribution in [0.15, 0.2) is 18.2 Å². The van der Waals surface area contributed by atoms with E-state index in [1.807, 2.05) is 30.0 Å². The SMILES string of the molecule is COC(=O)[C@H]1C[C@@H](C)N2C(=O)Cc3cccc1c32. The Morgan fingerprint density at radius 2 is 2.22 bits per heavy atom. The van der Waals surface area contributed by atoms with E-state index in [9.17, 15) is 9.59 Å². The van der Waals surface area contributed by atoms with Crippen molar-refractivity contribution < 1.29 is 14.3 Å². The van der Waals surface area contributed by atoms with Crippen LogP contribution in [-0.4, -0.2) is 25.0 Å². The summed E-state index contributed by atoms with van der Waals surface area (Å²) in [5.74, 6) is -0.329. The molecule has 0 aromatic heterocycles. The van der Waals surface area contributed by atoms with Crippen molar-refractivity contribution >= 4 is 17.6 Å². The van der Waals surface area contributed by atoms with Gasteiger partial charge in [0.05, 0.1) is 25.1 Å². The van der Waals surface area contributed by atoms with Crippen LogP contribution in [0.25, 0.3) is 0 Å². The first-order valence-electron chi connectivity index (χ1n) is 6.15. The van der Waals surface area contributed by atoms with Gasteiger partial charge in [-0.1, -0.05) is 18.2 Å². The van der Waals surface area contributed by atoms with Crippen LogP contribution in [-0.2, 0) is 20.7 Å². The molecular formula is C14H15NO3. The molecular weight excluding hydrogens is 230 g/mol. The Morgan fingerprint density at radius 3 is 2.94 bits per heavy atom. The monoisotopic (exact) mass is 245 g/mol. The number of rotatable bonds is 1. The van der Waals surface area contributed by atoms with E-state index < -0.39 is 0 Å². The molecule has 0 unspecified atom stereocenters. The van der Waals surface area contributed by atoms with E-state index in [1.165, 1.54) is 7.11 Å². The molecule has 2 atom stereocenters. The number of benzene rings is 1. The molecule has 0 spiro atoms. The van der Waals surface area contributed by atoms with Crippen molar-refractivity contribution in [2.24, 2.45) is 0 Å². The third-order valence-corrected chi connectivity index (χ3v) is 3.88. The van der Waals surface area contributed by atoms with E-state index in [2.05, 4.69) is 0 Å². The third kappa shape index (κ3) is 1.38. The molecule has 2 aliphatic heterocycles. The fourth-order valence-electron chi connectivity index (χ4n) is 3.11. The minimum Gasteiger partial charge on any atom is -0.469 e. The molecule has 4 nitrogen and oxygen atoms in total. The van der Waals surface area contributed by atoms with E-state index in [1.54, 1.807) is 0 Å². The molecule has 0 aliphatic carbocycles. The fourth-order valence-corrected chi connectivity index (χ4v) is 3.11. The van der Waals surface area contributed by atoms with Gasteiger partial charge in [-0.15, -0.1) is 0 Å². The summed E-state index contributed by atoms with van der Waals surface area (Å²) >= 11 is 0. The van der Waals surface area contributed by atoms with Crippen molar-refractivity contribution in [3.63, 3.8) is 0 Å². The van der Waals surface area contributed by atoms with Crippen LogP contribution < -0.4 is 4.90 Å². The zero-order valence-corrected chi connectivity index (χ0v) is 10.5. The highest BCUT2D eigenvalue weighted by Gasteiger charge is 2.42. The zero-order chi connectivity index (χ0) is 12.9. The van der Waals surface area contributed by atoms with Crippen molar-refractivity contribution in [2.75, 3.05) is 12.0 Å². The second-order valence-corrected chi connectivity index (χ2v) is 4.96. The summed E-state index contributed by atoms with van der Waals surface area (Å²) in [7, 11) is 1.41. The topological polar surface area (TPSA) is 46.6 Å². The second-order valence-electron chi connectivity index (χ2n) is 4.96. The normalized spacial score (nSPS) is 25.0. The molecule has 4 heteroatoms. The molecule has 1 amide bonds. The first-order chi connectivity index (χ1) is 8.63. The van der Waals surface area contributed by atoms with E-state index in [0.717, 1.165) is 16.8 Å². The average molecular weight is 245 g/mol. The van der Waals surface area contributed by atoms with Gasteiger partial charge in [-0.2, -0.15) is 0 Å². The molecule has 2 heterocycles. The third-order valence-electron chi connectivity index (χ3n) is 3.88. The molecule has 1 aromatic rings. The highest BCUT2D eigenvalue weighted by Crippen LogP contribution is 2.44. The molecule has 0 N–H and O–H groups in total. The number of carbonyl (C=O) groups excluding carboxylic acids is 2. The molecule has 2 aliphatic rings. The van der Waals surface area contributed by atoms with Gasteiger partial charge in [-0.25, -0.2) is 0 Å². The van der Waals surface area contributed by atoms with Crippen LogP contribution >= 0.6 is 0 Å². The minimum atomic E-state index is -0.248. The van der Waals surface area contributed by atoms with Crippen LogP contribution in [0.5, 0.6) is 0 Å². The lowest BCUT2D eigenvalue weighted by Gasteiger charge is -2.35. The number of carbonyl (C=O) groups is 2. The Labute approximate surface area is 106 Å². The lowest BCUT2D eigenvalue weighted by molar-refractivity contribution is -0.143. The van der Waals surface area contributed by atoms with Gasteiger partial charge in [-0.05, 0) is 24.5 Å². The van der Waals surface area contributed by atoms with Crippen molar-refractivity contribution in [2.45, 2.75) is 31.7 Å². The van der Waals surface area contributed by atoms with Crippen LogP contribution in [0.1, 0.15) is 30.4 Å². The molecule has 0 bridgehead atoms. The van der Waals surface area contributed by atoms with Gasteiger partial charge in [0.25, 0.3) is 0 Å². The van der Waals surface area contributed by atoms with Crippen LogP contribution in [0.3, 0.4) is 0 Å². The van der Waals surface area contributed by atoms with Crippen LogP contribution in [0.4, 0.5) is 5.69 Å². The smallest absolute Gasteiger partial charge is 0.313 e. The van der Waals surface area contributed by atoms with E-state index >= 15 is 0 Å². The Kier molecular flexibility index (Phi) is 2.40. The highest BCUT2D eigenvalue weighted by molar-refractivity contribution is 6.04. The summed E-state index contributed by atoms with van der Waals surface area (Å²) in [6, 6.07) is 5.86. The quantitative estimate of drug-likeness (QED) is 0.706. The van der Waals surface area contributed by atoms with Gasteiger partial charge in [0.2, 0.25) is 5.91 Å². The first kappa shape index (κ1) is 11.3. The molecule has 0 radical (unpaired) electrons. The predicted octanol–water partition coefficient (Wildman–Crippen LogP) is 1.62. The molecule has 18 heavy (non-hydrogen) atoms.